The SMILES string of the molecule is CNCCNC1=NCNC(C(/C=C(\C=O)NC(=O)c2ccc(C(C)(C)C)cc2)=C/N)=C1. The van der Waals surface area contributed by atoms with E-state index in [0.29, 0.717) is 35.6 Å². The third kappa shape index (κ3) is 7.11. The molecular formula is C23H32N6O2. The van der Waals surface area contributed by atoms with E-state index in [1.54, 1.807) is 12.1 Å². The van der Waals surface area contributed by atoms with Crippen LogP contribution in [0.3, 0.4) is 0 Å². The number of nitrogens with two attached hydrogens (primary N) is 1. The highest BCUT2D eigenvalue weighted by Crippen LogP contribution is 2.22. The van der Waals surface area contributed by atoms with Crippen LogP contribution in [0.5, 0.6) is 0 Å². The van der Waals surface area contributed by atoms with Gasteiger partial charge in [-0.25, -0.2) is 4.99 Å². The molecule has 1 aliphatic heterocycles. The van der Waals surface area contributed by atoms with Gasteiger partial charge in [-0.3, -0.25) is 9.59 Å². The molecule has 1 aromatic rings. The van der Waals surface area contributed by atoms with Crippen LogP contribution < -0.4 is 27.0 Å². The van der Waals surface area contributed by atoms with Gasteiger partial charge in [-0.05, 0) is 36.2 Å². The minimum absolute atomic E-state index is 0.00548. The van der Waals surface area contributed by atoms with Crippen LogP contribution in [0.1, 0.15) is 36.7 Å². The molecule has 2 rings (SSSR count). The van der Waals surface area contributed by atoms with Gasteiger partial charge in [0.1, 0.15) is 12.5 Å². The Morgan fingerprint density at radius 3 is 2.52 bits per heavy atom. The van der Waals surface area contributed by atoms with Crippen molar-refractivity contribution in [3.63, 3.8) is 0 Å². The third-order valence-electron chi connectivity index (χ3n) is 4.68. The summed E-state index contributed by atoms with van der Waals surface area (Å²) in [4.78, 5) is 28.5. The molecule has 0 atom stereocenters. The van der Waals surface area contributed by atoms with E-state index in [-0.39, 0.29) is 17.0 Å². The fraction of sp³-hybridized carbons (Fsp3) is 0.348. The highest BCUT2D eigenvalue weighted by molar-refractivity contribution is 5.98. The van der Waals surface area contributed by atoms with Crippen LogP contribution in [0.4, 0.5) is 0 Å². The van der Waals surface area contributed by atoms with Crippen LogP contribution in [0.2, 0.25) is 0 Å². The lowest BCUT2D eigenvalue weighted by molar-refractivity contribution is -0.105. The Bertz CT molecular complexity index is 905. The fourth-order valence-corrected chi connectivity index (χ4v) is 2.86. The summed E-state index contributed by atoms with van der Waals surface area (Å²) in [5.74, 6) is 0.351. The zero-order valence-corrected chi connectivity index (χ0v) is 18.6. The normalized spacial score (nSPS) is 14.8. The first kappa shape index (κ1) is 23.9. The lowest BCUT2D eigenvalue weighted by atomic mass is 9.87. The predicted molar refractivity (Wildman–Crippen MR) is 124 cm³/mol. The van der Waals surface area contributed by atoms with Gasteiger partial charge in [-0.1, -0.05) is 32.9 Å². The summed E-state index contributed by atoms with van der Waals surface area (Å²) in [6, 6.07) is 7.35. The predicted octanol–water partition coefficient (Wildman–Crippen LogP) is 1.29. The zero-order chi connectivity index (χ0) is 22.9. The largest absolute Gasteiger partial charge is 0.404 e. The van der Waals surface area contributed by atoms with Crippen molar-refractivity contribution in [2.45, 2.75) is 26.2 Å². The van der Waals surface area contributed by atoms with Crippen LogP contribution in [-0.4, -0.2) is 44.8 Å². The number of amidine groups is 1. The Labute approximate surface area is 183 Å². The van der Waals surface area contributed by atoms with Crippen molar-refractivity contribution < 1.29 is 9.59 Å². The van der Waals surface area contributed by atoms with Crippen LogP contribution in [-0.2, 0) is 10.2 Å². The number of rotatable bonds is 8. The maximum atomic E-state index is 12.6. The van der Waals surface area contributed by atoms with Gasteiger partial charge in [-0.15, -0.1) is 0 Å². The lowest BCUT2D eigenvalue weighted by Crippen LogP contribution is -2.34. The van der Waals surface area contributed by atoms with Gasteiger partial charge in [0, 0.05) is 42.2 Å². The molecule has 31 heavy (non-hydrogen) atoms. The van der Waals surface area contributed by atoms with Crippen molar-refractivity contribution in [1.82, 2.24) is 21.3 Å². The van der Waals surface area contributed by atoms with Gasteiger partial charge in [-0.2, -0.15) is 0 Å². The van der Waals surface area contributed by atoms with Crippen molar-refractivity contribution in [3.05, 3.63) is 70.7 Å². The molecule has 0 fully saturated rings. The number of hydrogen-bond donors (Lipinski definition) is 5. The second kappa shape index (κ2) is 11.1. The van der Waals surface area contributed by atoms with E-state index in [1.807, 2.05) is 25.3 Å². The molecule has 0 saturated heterocycles. The molecular weight excluding hydrogens is 392 g/mol. The van der Waals surface area contributed by atoms with Crippen LogP contribution in [0, 0.1) is 0 Å². The number of likely N-dealkylation sites (N-methyl/N-ethyl adjacent to an activating group) is 1. The standard InChI is InChI=1S/C23H32N6O2/c1-23(2,3)18-7-5-16(6-8-18)22(31)29-19(14-30)11-17(13-24)20-12-21(28-15-27-20)26-10-9-25-4/h5-8,11-14,25,27H,9-10,15,24H2,1-4H3,(H,26,28)(H,29,31)/b17-13+,19-11+. The Morgan fingerprint density at radius 2 is 1.94 bits per heavy atom. The van der Waals surface area contributed by atoms with E-state index in [0.717, 1.165) is 18.7 Å². The van der Waals surface area contributed by atoms with Crippen LogP contribution in [0.25, 0.3) is 0 Å². The number of aliphatic imine (C=N–C) groups is 1. The zero-order valence-electron chi connectivity index (χ0n) is 18.6. The van der Waals surface area contributed by atoms with Crippen molar-refractivity contribution in [1.29, 1.82) is 0 Å². The average molecular weight is 425 g/mol. The Balaban J connectivity index is 2.13. The smallest absolute Gasteiger partial charge is 0.255 e. The molecule has 6 N–H and O–H groups in total. The van der Waals surface area contributed by atoms with Gasteiger partial charge in [0.2, 0.25) is 0 Å². The maximum Gasteiger partial charge on any atom is 0.255 e. The first-order chi connectivity index (χ1) is 14.8. The lowest BCUT2D eigenvalue weighted by Gasteiger charge is -2.19. The number of nitrogens with one attached hydrogen (secondary N) is 4. The quantitative estimate of drug-likeness (QED) is 0.186. The summed E-state index contributed by atoms with van der Waals surface area (Å²) in [5, 5.41) is 12.0. The minimum Gasteiger partial charge on any atom is -0.404 e. The Kier molecular flexibility index (Phi) is 8.57. The fourth-order valence-electron chi connectivity index (χ4n) is 2.86. The van der Waals surface area contributed by atoms with E-state index in [1.165, 1.54) is 12.3 Å². The highest BCUT2D eigenvalue weighted by atomic mass is 16.2. The number of aldehydes is 1. The number of hydrogen-bond acceptors (Lipinski definition) is 7. The van der Waals surface area contributed by atoms with Gasteiger partial charge in [0.05, 0.1) is 5.70 Å². The molecule has 1 amide bonds. The molecule has 0 aromatic heterocycles. The van der Waals surface area contributed by atoms with Crippen molar-refractivity contribution in [2.75, 3.05) is 26.8 Å². The summed E-state index contributed by atoms with van der Waals surface area (Å²) >= 11 is 0. The molecule has 0 bridgehead atoms. The van der Waals surface area contributed by atoms with Crippen LogP contribution >= 0.6 is 0 Å². The van der Waals surface area contributed by atoms with Crippen molar-refractivity contribution in [2.24, 2.45) is 10.7 Å². The van der Waals surface area contributed by atoms with E-state index in [9.17, 15) is 9.59 Å². The van der Waals surface area contributed by atoms with E-state index >= 15 is 0 Å². The molecule has 0 aliphatic carbocycles. The summed E-state index contributed by atoms with van der Waals surface area (Å²) in [6.45, 7) is 8.22. The summed E-state index contributed by atoms with van der Waals surface area (Å²) in [7, 11) is 1.88. The molecule has 166 valence electrons. The van der Waals surface area contributed by atoms with Gasteiger partial charge >= 0.3 is 0 Å². The topological polar surface area (TPSA) is 121 Å². The Hall–Kier alpha value is -3.39. The number of benzene rings is 1. The molecule has 1 aliphatic rings. The number of carbonyl (C=O) groups excluding carboxylic acids is 2. The molecule has 1 heterocycles. The van der Waals surface area contributed by atoms with E-state index < -0.39 is 0 Å². The van der Waals surface area contributed by atoms with Crippen molar-refractivity contribution in [3.8, 4) is 0 Å². The molecule has 0 radical (unpaired) electrons. The summed E-state index contributed by atoms with van der Waals surface area (Å²) < 4.78 is 0. The molecule has 1 aromatic carbocycles. The second-order valence-corrected chi connectivity index (χ2v) is 8.09. The molecule has 0 saturated carbocycles. The third-order valence-corrected chi connectivity index (χ3v) is 4.68. The number of amides is 1. The van der Waals surface area contributed by atoms with Gasteiger partial charge in [0.25, 0.3) is 5.91 Å². The summed E-state index contributed by atoms with van der Waals surface area (Å²) in [6.07, 6.45) is 5.31. The first-order valence-electron chi connectivity index (χ1n) is 10.2. The molecule has 8 nitrogen and oxygen atoms in total. The highest BCUT2D eigenvalue weighted by Gasteiger charge is 2.15. The monoisotopic (exact) mass is 424 g/mol. The first-order valence-corrected chi connectivity index (χ1v) is 10.2. The molecule has 0 unspecified atom stereocenters. The van der Waals surface area contributed by atoms with Crippen molar-refractivity contribution >= 4 is 18.0 Å². The van der Waals surface area contributed by atoms with Crippen LogP contribution in [0.15, 0.2) is 64.6 Å². The average Bonchev–Trinajstić information content (AvgIpc) is 2.76. The second-order valence-electron chi connectivity index (χ2n) is 8.09. The number of nitrogens with zero attached hydrogens (tertiary/aromatic N) is 1. The minimum atomic E-state index is -0.364. The molecule has 0 spiro atoms. The van der Waals surface area contributed by atoms with Gasteiger partial charge < -0.3 is 27.0 Å². The van der Waals surface area contributed by atoms with E-state index in [2.05, 4.69) is 47.0 Å². The number of allylic oxidation sites excluding steroid dienone is 2. The number of carbonyl (C=O) groups is 2. The van der Waals surface area contributed by atoms with Gasteiger partial charge in [0.15, 0.2) is 6.29 Å². The Morgan fingerprint density at radius 1 is 1.23 bits per heavy atom. The van der Waals surface area contributed by atoms with E-state index in [4.69, 9.17) is 5.73 Å². The maximum absolute atomic E-state index is 12.6. The molecule has 8 heteroatoms. The summed E-state index contributed by atoms with van der Waals surface area (Å²) in [5.41, 5.74) is 8.75.